The fourth-order valence-corrected chi connectivity index (χ4v) is 0.856. The van der Waals surface area contributed by atoms with Crippen molar-refractivity contribution < 1.29 is 18.3 Å². The van der Waals surface area contributed by atoms with Crippen LogP contribution in [0.5, 0.6) is 11.5 Å². The third-order valence-electron chi connectivity index (χ3n) is 1.30. The average Bonchev–Trinajstić information content (AvgIpc) is 2.31. The van der Waals surface area contributed by atoms with Crippen LogP contribution >= 0.6 is 0 Å². The highest BCUT2D eigenvalue weighted by Gasteiger charge is 2.29. The van der Waals surface area contributed by atoms with Gasteiger partial charge in [-0.25, -0.2) is 4.39 Å². The predicted molar refractivity (Wildman–Crippen MR) is 32.0 cm³/mol. The minimum Gasteiger partial charge on any atom is -0.414 e. The fourth-order valence-electron chi connectivity index (χ4n) is 0.856. The van der Waals surface area contributed by atoms with E-state index in [1.165, 1.54) is 18.2 Å². The predicted octanol–water partition coefficient (Wildman–Crippen LogP) is 2.01. The second-order valence-electron chi connectivity index (χ2n) is 2.01. The lowest BCUT2D eigenvalue weighted by atomic mass is 10.3. The zero-order chi connectivity index (χ0) is 7.84. The molecular formula is C7H3F2O2. The van der Waals surface area contributed by atoms with Crippen LogP contribution in [-0.4, -0.2) is 0 Å². The SMILES string of the molecule is F[C]1Oc2cccc(F)c2O1. The zero-order valence-electron chi connectivity index (χ0n) is 5.30. The molecule has 0 aliphatic carbocycles. The molecule has 11 heavy (non-hydrogen) atoms. The third-order valence-corrected chi connectivity index (χ3v) is 1.30. The molecule has 0 N–H and O–H groups in total. The summed E-state index contributed by atoms with van der Waals surface area (Å²) in [5.74, 6) is -0.748. The lowest BCUT2D eigenvalue weighted by Gasteiger charge is -1.93. The molecule has 0 saturated heterocycles. The Morgan fingerprint density at radius 1 is 1.09 bits per heavy atom. The number of para-hydroxylation sites is 1. The number of hydrogen-bond acceptors (Lipinski definition) is 2. The van der Waals surface area contributed by atoms with Crippen molar-refractivity contribution in [2.24, 2.45) is 0 Å². The van der Waals surface area contributed by atoms with E-state index in [0.29, 0.717) is 0 Å². The van der Waals surface area contributed by atoms with Crippen LogP contribution in [0.1, 0.15) is 0 Å². The first-order valence-corrected chi connectivity index (χ1v) is 2.94. The molecule has 0 atom stereocenters. The van der Waals surface area contributed by atoms with Crippen molar-refractivity contribution in [2.75, 3.05) is 0 Å². The van der Waals surface area contributed by atoms with Crippen molar-refractivity contribution in [3.8, 4) is 11.5 Å². The number of benzene rings is 1. The Morgan fingerprint density at radius 2 is 1.91 bits per heavy atom. The molecule has 1 aromatic rings. The molecule has 0 amide bonds. The van der Waals surface area contributed by atoms with Gasteiger partial charge in [0.1, 0.15) is 0 Å². The number of hydrogen-bond donors (Lipinski definition) is 0. The van der Waals surface area contributed by atoms with E-state index in [2.05, 4.69) is 9.47 Å². The van der Waals surface area contributed by atoms with Gasteiger partial charge in [0.05, 0.1) is 0 Å². The van der Waals surface area contributed by atoms with E-state index < -0.39 is 12.4 Å². The van der Waals surface area contributed by atoms with Gasteiger partial charge in [0.2, 0.25) is 5.75 Å². The molecule has 1 radical (unpaired) electrons. The molecule has 0 spiro atoms. The Bertz CT molecular complexity index is 288. The highest BCUT2D eigenvalue weighted by molar-refractivity contribution is 5.43. The number of fused-ring (bicyclic) bond motifs is 1. The minimum atomic E-state index is -1.13. The van der Waals surface area contributed by atoms with Crippen molar-refractivity contribution in [2.45, 2.75) is 0 Å². The van der Waals surface area contributed by atoms with Gasteiger partial charge in [0.25, 0.3) is 0 Å². The van der Waals surface area contributed by atoms with Crippen LogP contribution < -0.4 is 9.47 Å². The fraction of sp³-hybridized carbons (Fsp3) is 0. The molecule has 2 nitrogen and oxygen atoms in total. The molecule has 1 heterocycles. The molecular weight excluding hydrogens is 154 g/mol. The van der Waals surface area contributed by atoms with Crippen LogP contribution in [-0.2, 0) is 0 Å². The van der Waals surface area contributed by atoms with Gasteiger partial charge in [0, 0.05) is 0 Å². The maximum absolute atomic E-state index is 12.7. The normalized spacial score (nSPS) is 15.5. The minimum absolute atomic E-state index is 0.0718. The molecule has 1 aliphatic heterocycles. The van der Waals surface area contributed by atoms with Crippen LogP contribution in [0.3, 0.4) is 0 Å². The van der Waals surface area contributed by atoms with Gasteiger partial charge in [-0.2, -0.15) is 0 Å². The van der Waals surface area contributed by atoms with Gasteiger partial charge < -0.3 is 9.47 Å². The standard InChI is InChI=1S/C7H3F2O2/c8-4-2-1-3-5-6(4)11-7(9)10-5/h1-3H. The van der Waals surface area contributed by atoms with Gasteiger partial charge in [-0.15, -0.1) is 4.39 Å². The van der Waals surface area contributed by atoms with Gasteiger partial charge in [-0.3, -0.25) is 0 Å². The van der Waals surface area contributed by atoms with E-state index in [0.717, 1.165) is 0 Å². The van der Waals surface area contributed by atoms with Crippen molar-refractivity contribution in [1.82, 2.24) is 0 Å². The van der Waals surface area contributed by atoms with Gasteiger partial charge in [-0.1, -0.05) is 6.07 Å². The molecule has 0 unspecified atom stereocenters. The average molecular weight is 157 g/mol. The van der Waals surface area contributed by atoms with Gasteiger partial charge in [0.15, 0.2) is 11.6 Å². The van der Waals surface area contributed by atoms with E-state index in [-0.39, 0.29) is 11.5 Å². The van der Waals surface area contributed by atoms with Crippen LogP contribution in [0.15, 0.2) is 18.2 Å². The summed E-state index contributed by atoms with van der Waals surface area (Å²) < 4.78 is 33.5. The third kappa shape index (κ3) is 0.906. The monoisotopic (exact) mass is 157 g/mol. The Balaban J connectivity index is 2.49. The highest BCUT2D eigenvalue weighted by atomic mass is 19.2. The van der Waals surface area contributed by atoms with E-state index in [1.807, 2.05) is 0 Å². The topological polar surface area (TPSA) is 18.5 Å². The number of ether oxygens (including phenoxy) is 2. The van der Waals surface area contributed by atoms with Crippen molar-refractivity contribution in [3.05, 3.63) is 30.6 Å². The van der Waals surface area contributed by atoms with Crippen molar-refractivity contribution in [3.63, 3.8) is 0 Å². The molecule has 1 aromatic carbocycles. The Hall–Kier alpha value is -1.32. The van der Waals surface area contributed by atoms with Crippen molar-refractivity contribution >= 4 is 0 Å². The molecule has 2 rings (SSSR count). The molecule has 0 aromatic heterocycles. The summed E-state index contributed by atoms with van der Waals surface area (Å²) in [6.07, 6.45) is 0. The van der Waals surface area contributed by atoms with Gasteiger partial charge in [-0.05, 0) is 12.1 Å². The highest BCUT2D eigenvalue weighted by Crippen LogP contribution is 2.39. The second kappa shape index (κ2) is 2.08. The largest absolute Gasteiger partial charge is 0.527 e. The molecule has 0 fully saturated rings. The van der Waals surface area contributed by atoms with E-state index in [1.54, 1.807) is 0 Å². The quantitative estimate of drug-likeness (QED) is 0.573. The lowest BCUT2D eigenvalue weighted by Crippen LogP contribution is -1.98. The van der Waals surface area contributed by atoms with Gasteiger partial charge >= 0.3 is 6.54 Å². The number of halogens is 2. The Labute approximate surface area is 61.3 Å². The summed E-state index contributed by atoms with van der Waals surface area (Å²) >= 11 is 0. The summed E-state index contributed by atoms with van der Waals surface area (Å²) in [5, 5.41) is 0. The Kier molecular flexibility index (Phi) is 1.21. The van der Waals surface area contributed by atoms with Crippen molar-refractivity contribution in [1.29, 1.82) is 0 Å². The van der Waals surface area contributed by atoms with Crippen LogP contribution in [0.4, 0.5) is 8.78 Å². The number of rotatable bonds is 0. The van der Waals surface area contributed by atoms with E-state index >= 15 is 0 Å². The first kappa shape index (κ1) is 6.39. The summed E-state index contributed by atoms with van der Waals surface area (Å²) in [5.41, 5.74) is 0. The summed E-state index contributed by atoms with van der Waals surface area (Å²) in [6, 6.07) is 4.00. The molecule has 1 aliphatic rings. The summed E-state index contributed by atoms with van der Waals surface area (Å²) in [6.45, 7) is -1.13. The summed E-state index contributed by atoms with van der Waals surface area (Å²) in [4.78, 5) is 0. The molecule has 0 bridgehead atoms. The lowest BCUT2D eigenvalue weighted by molar-refractivity contribution is 0.0581. The van der Waals surface area contributed by atoms with E-state index in [9.17, 15) is 8.78 Å². The zero-order valence-corrected chi connectivity index (χ0v) is 5.30. The molecule has 0 saturated carbocycles. The second-order valence-corrected chi connectivity index (χ2v) is 2.01. The molecule has 57 valence electrons. The van der Waals surface area contributed by atoms with Crippen LogP contribution in [0.2, 0.25) is 0 Å². The maximum atomic E-state index is 12.7. The first-order chi connectivity index (χ1) is 5.27. The van der Waals surface area contributed by atoms with Crippen LogP contribution in [0, 0.1) is 12.4 Å². The molecule has 4 heteroatoms. The summed E-state index contributed by atoms with van der Waals surface area (Å²) in [7, 11) is 0. The first-order valence-electron chi connectivity index (χ1n) is 2.94. The van der Waals surface area contributed by atoms with Crippen LogP contribution in [0.25, 0.3) is 0 Å². The van der Waals surface area contributed by atoms with E-state index in [4.69, 9.17) is 0 Å². The maximum Gasteiger partial charge on any atom is 0.527 e. The smallest absolute Gasteiger partial charge is 0.414 e. The Morgan fingerprint density at radius 3 is 2.64 bits per heavy atom.